The maximum absolute atomic E-state index is 14.3. The Labute approximate surface area is 349 Å². The van der Waals surface area contributed by atoms with Crippen molar-refractivity contribution in [2.45, 2.75) is 46.1 Å². The van der Waals surface area contributed by atoms with Gasteiger partial charge in [0.2, 0.25) is 0 Å². The molecule has 0 aromatic heterocycles. The molecule has 2 N–H and O–H groups in total. The minimum atomic E-state index is -1.67. The molecule has 0 saturated heterocycles. The summed E-state index contributed by atoms with van der Waals surface area (Å²) in [5.74, 6) is 0.693. The van der Waals surface area contributed by atoms with Crippen molar-refractivity contribution in [3.8, 4) is 11.5 Å². The van der Waals surface area contributed by atoms with Crippen molar-refractivity contribution in [1.82, 2.24) is 0 Å². The van der Waals surface area contributed by atoms with Crippen molar-refractivity contribution in [3.05, 3.63) is 162 Å². The van der Waals surface area contributed by atoms with Gasteiger partial charge < -0.3 is 24.8 Å². The first-order valence-corrected chi connectivity index (χ1v) is 20.0. The third kappa shape index (κ3) is 8.26. The summed E-state index contributed by atoms with van der Waals surface area (Å²) in [6, 6.07) is 28.0. The van der Waals surface area contributed by atoms with Gasteiger partial charge >= 0.3 is 5.97 Å². The Morgan fingerprint density at radius 3 is 1.48 bits per heavy atom. The number of aryl methyl sites for hydroxylation is 2. The maximum atomic E-state index is 14.3. The van der Waals surface area contributed by atoms with Crippen LogP contribution in [0.25, 0.3) is 11.1 Å². The third-order valence-electron chi connectivity index (χ3n) is 9.70. The van der Waals surface area contributed by atoms with Crippen LogP contribution in [0.5, 0.6) is 11.5 Å². The van der Waals surface area contributed by atoms with E-state index in [0.717, 1.165) is 81.8 Å². The Kier molecular flexibility index (Phi) is 13.0. The van der Waals surface area contributed by atoms with E-state index in [4.69, 9.17) is 60.6 Å². The van der Waals surface area contributed by atoms with E-state index in [1.54, 1.807) is 14.2 Å². The molecule has 1 heterocycles. The van der Waals surface area contributed by atoms with E-state index in [2.05, 4.69) is 74.7 Å². The summed E-state index contributed by atoms with van der Waals surface area (Å²) in [6.07, 6.45) is 5.69. The number of cyclic esters (lactones) is 1. The van der Waals surface area contributed by atoms with E-state index >= 15 is 0 Å². The Balaban J connectivity index is 1.80. The standard InChI is InChI=1S/C46H44Cl4N2O4/c1-7-21-51-37-23-27(3)9-19-33(37)35(29-11-15-31(54-5)16-12-29)25-46(40-39(45(53)56-46)41(47)43(49)44(50)42(40)48)26-36(30-13-17-32(55-6)18-14-30)34-20-10-28(4)24-38(34)52-22-8-2/h9-20,23-26,51-52H,7-8,21-22H2,1-6H3. The molecule has 0 saturated carbocycles. The molecule has 5 aromatic rings. The normalized spacial score (nSPS) is 15.4. The lowest BCUT2D eigenvalue weighted by atomic mass is 9.82. The molecule has 1 aliphatic rings. The van der Waals surface area contributed by atoms with Gasteiger partial charge in [-0.25, -0.2) is 4.79 Å². The fraction of sp³-hybridized carbons (Fsp3) is 0.239. The zero-order valence-corrected chi connectivity index (χ0v) is 35.2. The molecule has 10 heteroatoms. The molecule has 0 atom stereocenters. The number of rotatable bonds is 14. The number of methoxy groups -OCH3 is 2. The minimum absolute atomic E-state index is 0.0137. The molecule has 0 unspecified atom stereocenters. The molecule has 0 spiro atoms. The van der Waals surface area contributed by atoms with E-state index in [9.17, 15) is 4.79 Å². The van der Waals surface area contributed by atoms with Gasteiger partial charge in [-0.15, -0.1) is 0 Å². The lowest BCUT2D eigenvalue weighted by Gasteiger charge is -2.28. The lowest BCUT2D eigenvalue weighted by Crippen LogP contribution is -2.23. The summed E-state index contributed by atoms with van der Waals surface area (Å²) in [5.41, 5.74) is 7.57. The minimum Gasteiger partial charge on any atom is -0.497 e. The largest absolute Gasteiger partial charge is 0.497 e. The Hall–Kier alpha value is -4.59. The Bertz CT molecular complexity index is 2200. The molecule has 0 radical (unpaired) electrons. The first-order chi connectivity index (χ1) is 26.9. The summed E-state index contributed by atoms with van der Waals surface area (Å²) in [6.45, 7) is 9.83. The van der Waals surface area contributed by atoms with E-state index in [1.807, 2.05) is 60.7 Å². The van der Waals surface area contributed by atoms with E-state index in [0.29, 0.717) is 11.5 Å². The molecule has 290 valence electrons. The molecule has 0 fully saturated rings. The zero-order chi connectivity index (χ0) is 40.1. The predicted octanol–water partition coefficient (Wildman–Crippen LogP) is 13.2. The van der Waals surface area contributed by atoms with Crippen LogP contribution in [0.2, 0.25) is 20.1 Å². The van der Waals surface area contributed by atoms with E-state index < -0.39 is 11.6 Å². The van der Waals surface area contributed by atoms with Gasteiger partial charge in [-0.1, -0.05) is 109 Å². The van der Waals surface area contributed by atoms with Gasteiger partial charge in [-0.3, -0.25) is 0 Å². The molecule has 0 aliphatic carbocycles. The van der Waals surface area contributed by atoms with Gasteiger partial charge in [-0.2, -0.15) is 0 Å². The van der Waals surface area contributed by atoms with Crippen LogP contribution in [0.3, 0.4) is 0 Å². The van der Waals surface area contributed by atoms with Gasteiger partial charge in [0.05, 0.1) is 39.9 Å². The fourth-order valence-corrected chi connectivity index (χ4v) is 7.97. The van der Waals surface area contributed by atoms with Crippen molar-refractivity contribution in [2.75, 3.05) is 37.9 Å². The van der Waals surface area contributed by atoms with Crippen LogP contribution in [0, 0.1) is 13.8 Å². The summed E-state index contributed by atoms with van der Waals surface area (Å²) < 4.78 is 17.7. The first-order valence-electron chi connectivity index (χ1n) is 18.5. The number of ether oxygens (including phenoxy) is 3. The second-order valence-electron chi connectivity index (χ2n) is 13.7. The number of fused-ring (bicyclic) bond motifs is 1. The van der Waals surface area contributed by atoms with Crippen molar-refractivity contribution in [2.24, 2.45) is 0 Å². The summed E-state index contributed by atoms with van der Waals surface area (Å²) in [4.78, 5) is 14.3. The maximum Gasteiger partial charge on any atom is 0.341 e. The number of esters is 1. The lowest BCUT2D eigenvalue weighted by molar-refractivity contribution is 0.0300. The van der Waals surface area contributed by atoms with E-state index in [-0.39, 0.29) is 31.2 Å². The molecule has 5 aromatic carbocycles. The highest BCUT2D eigenvalue weighted by Gasteiger charge is 2.48. The van der Waals surface area contributed by atoms with E-state index in [1.165, 1.54) is 0 Å². The molecule has 0 bridgehead atoms. The predicted molar refractivity (Wildman–Crippen MR) is 234 cm³/mol. The quantitative estimate of drug-likeness (QED) is 0.0660. The number of carbonyl (C=O) groups is 1. The highest BCUT2D eigenvalue weighted by atomic mass is 35.5. The van der Waals surface area contributed by atoms with Gasteiger partial charge in [-0.05, 0) is 109 Å². The summed E-state index contributed by atoms with van der Waals surface area (Å²) in [5, 5.41) is 7.24. The highest BCUT2D eigenvalue weighted by molar-refractivity contribution is 6.53. The molecule has 6 rings (SSSR count). The number of carbonyl (C=O) groups excluding carboxylic acids is 1. The number of benzene rings is 5. The number of hydrogen-bond acceptors (Lipinski definition) is 6. The summed E-state index contributed by atoms with van der Waals surface area (Å²) >= 11 is 27.6. The summed E-state index contributed by atoms with van der Waals surface area (Å²) in [7, 11) is 3.26. The third-order valence-corrected chi connectivity index (χ3v) is 11.5. The molecular weight excluding hydrogens is 786 g/mol. The van der Waals surface area contributed by atoms with Crippen LogP contribution in [-0.2, 0) is 10.3 Å². The van der Waals surface area contributed by atoms with Crippen molar-refractivity contribution >= 4 is 74.9 Å². The van der Waals surface area contributed by atoms with Crippen LogP contribution >= 0.6 is 46.4 Å². The first kappa shape index (κ1) is 41.1. The van der Waals surface area contributed by atoms with Crippen LogP contribution in [0.1, 0.15) is 76.0 Å². The van der Waals surface area contributed by atoms with Gasteiger partial charge in [0.15, 0.2) is 5.60 Å². The smallest absolute Gasteiger partial charge is 0.341 e. The highest BCUT2D eigenvalue weighted by Crippen LogP contribution is 2.54. The van der Waals surface area contributed by atoms with Gasteiger partial charge in [0.1, 0.15) is 11.5 Å². The average molecular weight is 831 g/mol. The Morgan fingerprint density at radius 1 is 0.643 bits per heavy atom. The van der Waals surface area contributed by atoms with Crippen molar-refractivity contribution in [1.29, 1.82) is 0 Å². The monoisotopic (exact) mass is 828 g/mol. The Morgan fingerprint density at radius 2 is 1.07 bits per heavy atom. The van der Waals surface area contributed by atoms with Crippen LogP contribution < -0.4 is 20.1 Å². The molecule has 6 nitrogen and oxygen atoms in total. The number of anilines is 2. The topological polar surface area (TPSA) is 68.8 Å². The zero-order valence-electron chi connectivity index (χ0n) is 32.2. The van der Waals surface area contributed by atoms with Crippen molar-refractivity contribution < 1.29 is 19.0 Å². The van der Waals surface area contributed by atoms with Crippen LogP contribution in [0.4, 0.5) is 11.4 Å². The molecule has 1 aliphatic heterocycles. The van der Waals surface area contributed by atoms with Crippen molar-refractivity contribution in [3.63, 3.8) is 0 Å². The van der Waals surface area contributed by atoms with Crippen LogP contribution in [0.15, 0.2) is 97.1 Å². The second-order valence-corrected chi connectivity index (χ2v) is 15.2. The average Bonchev–Trinajstić information content (AvgIpc) is 3.50. The van der Waals surface area contributed by atoms with Gasteiger partial charge in [0.25, 0.3) is 0 Å². The molecule has 0 amide bonds. The molecule has 56 heavy (non-hydrogen) atoms. The number of hydrogen-bond donors (Lipinski definition) is 2. The second kappa shape index (κ2) is 17.7. The SMILES string of the molecule is CCCNc1cc(C)ccc1C(=CC1(C=C(c2ccc(OC)cc2)c2ccc(C)cc2NCCC)OC(=O)c2c(Cl)c(Cl)c(Cl)c(Cl)c21)c1ccc(OC)cc1. The number of halogens is 4. The number of nitrogens with one attached hydrogen (secondary N) is 2. The fourth-order valence-electron chi connectivity index (χ4n) is 6.89. The molecular formula is C46H44Cl4N2O4. The van der Waals surface area contributed by atoms with Crippen LogP contribution in [-0.4, -0.2) is 33.3 Å². The van der Waals surface area contributed by atoms with Gasteiger partial charge in [0, 0.05) is 41.2 Å².